The van der Waals surface area contributed by atoms with E-state index in [1.54, 1.807) is 30.3 Å². The molecule has 0 unspecified atom stereocenters. The summed E-state index contributed by atoms with van der Waals surface area (Å²) in [5.41, 5.74) is 0.503. The number of nitrogens with zero attached hydrogens (tertiary/aromatic N) is 3. The molecule has 3 heterocycles. The van der Waals surface area contributed by atoms with Crippen molar-refractivity contribution < 1.29 is 22.1 Å². The lowest BCUT2D eigenvalue weighted by Gasteiger charge is -2.30. The summed E-state index contributed by atoms with van der Waals surface area (Å²) in [6.07, 6.45) is 4.97. The lowest BCUT2D eigenvalue weighted by atomic mass is 9.97. The van der Waals surface area contributed by atoms with Gasteiger partial charge in [0.15, 0.2) is 10.7 Å². The van der Waals surface area contributed by atoms with E-state index in [-0.39, 0.29) is 41.3 Å². The molecule has 8 nitrogen and oxygen atoms in total. The van der Waals surface area contributed by atoms with E-state index in [0.717, 1.165) is 0 Å². The number of amides is 1. The van der Waals surface area contributed by atoms with Crippen LogP contribution in [0.1, 0.15) is 29.9 Å². The van der Waals surface area contributed by atoms with Crippen LogP contribution < -0.4 is 5.32 Å². The highest BCUT2D eigenvalue weighted by atomic mass is 35.5. The number of benzene rings is 1. The summed E-state index contributed by atoms with van der Waals surface area (Å²) < 4.78 is 47.2. The normalized spacial score (nSPS) is 15.6. The highest BCUT2D eigenvalue weighted by Gasteiger charge is 2.36. The zero-order valence-corrected chi connectivity index (χ0v) is 19.8. The van der Waals surface area contributed by atoms with Crippen molar-refractivity contribution in [3.8, 4) is 0 Å². The summed E-state index contributed by atoms with van der Waals surface area (Å²) in [6, 6.07) is 9.35. The molecule has 0 aliphatic carbocycles. The fourth-order valence-electron chi connectivity index (χ4n) is 3.74. The first-order chi connectivity index (χ1) is 16.3. The van der Waals surface area contributed by atoms with Crippen LogP contribution >= 0.6 is 11.6 Å². The van der Waals surface area contributed by atoms with Crippen LogP contribution in [0.15, 0.2) is 52.0 Å². The van der Waals surface area contributed by atoms with Crippen molar-refractivity contribution in [1.29, 1.82) is 0 Å². The van der Waals surface area contributed by atoms with Gasteiger partial charge in [0, 0.05) is 30.8 Å². The minimum atomic E-state index is -3.93. The molecule has 1 amide bonds. The third-order valence-electron chi connectivity index (χ3n) is 5.55. The van der Waals surface area contributed by atoms with Crippen LogP contribution in [0.3, 0.4) is 0 Å². The molecular formula is C23H22ClFN4O4S. The topological polar surface area (TPSA) is 105 Å². The Bertz CT molecular complexity index is 1320. The van der Waals surface area contributed by atoms with Crippen LogP contribution in [-0.2, 0) is 14.8 Å². The molecule has 3 aromatic rings. The number of piperidine rings is 1. The first-order valence-corrected chi connectivity index (χ1v) is 12.4. The van der Waals surface area contributed by atoms with E-state index < -0.39 is 15.8 Å². The van der Waals surface area contributed by atoms with Gasteiger partial charge in [0.25, 0.3) is 0 Å². The number of aromatic nitrogens is 2. The van der Waals surface area contributed by atoms with E-state index in [0.29, 0.717) is 29.2 Å². The highest BCUT2D eigenvalue weighted by molar-refractivity contribution is 7.89. The molecule has 0 spiro atoms. The second-order valence-corrected chi connectivity index (χ2v) is 10.2. The zero-order chi connectivity index (χ0) is 24.3. The van der Waals surface area contributed by atoms with Gasteiger partial charge in [-0.05, 0) is 50.1 Å². The van der Waals surface area contributed by atoms with Gasteiger partial charge in [0.1, 0.15) is 17.3 Å². The Kier molecular flexibility index (Phi) is 7.11. The molecule has 1 aromatic carbocycles. The average molecular weight is 505 g/mol. The molecule has 1 aliphatic rings. The monoisotopic (exact) mass is 504 g/mol. The summed E-state index contributed by atoms with van der Waals surface area (Å²) in [5, 5.41) is 7.00. The lowest BCUT2D eigenvalue weighted by molar-refractivity contribution is -0.120. The van der Waals surface area contributed by atoms with Gasteiger partial charge in [-0.2, -0.15) is 4.31 Å². The van der Waals surface area contributed by atoms with Crippen molar-refractivity contribution in [3.63, 3.8) is 0 Å². The fraction of sp³-hybridized carbons (Fsp3) is 0.261. The van der Waals surface area contributed by atoms with Gasteiger partial charge in [-0.1, -0.05) is 35.0 Å². The van der Waals surface area contributed by atoms with Gasteiger partial charge in [-0.3, -0.25) is 4.79 Å². The lowest BCUT2D eigenvalue weighted by Crippen LogP contribution is -2.41. The van der Waals surface area contributed by atoms with Crippen LogP contribution in [0.25, 0.3) is 12.2 Å². The van der Waals surface area contributed by atoms with E-state index in [9.17, 15) is 17.6 Å². The molecule has 178 valence electrons. The quantitative estimate of drug-likeness (QED) is 0.534. The average Bonchev–Trinajstić information content (AvgIpc) is 3.21. The predicted octanol–water partition coefficient (Wildman–Crippen LogP) is 4.38. The third kappa shape index (κ3) is 5.19. The minimum absolute atomic E-state index is 0.0226. The number of anilines is 1. The Morgan fingerprint density at radius 1 is 1.21 bits per heavy atom. The number of halogens is 2. The van der Waals surface area contributed by atoms with Gasteiger partial charge >= 0.3 is 0 Å². The molecule has 1 fully saturated rings. The number of aryl methyl sites for hydroxylation is 1. The van der Waals surface area contributed by atoms with Crippen LogP contribution in [0, 0.1) is 18.7 Å². The number of hydrogen-bond acceptors (Lipinski definition) is 6. The maximum absolute atomic E-state index is 13.9. The molecule has 1 N–H and O–H groups in total. The Morgan fingerprint density at radius 2 is 1.94 bits per heavy atom. The van der Waals surface area contributed by atoms with Gasteiger partial charge in [-0.15, -0.1) is 0 Å². The van der Waals surface area contributed by atoms with Crippen molar-refractivity contribution in [1.82, 2.24) is 14.4 Å². The molecule has 34 heavy (non-hydrogen) atoms. The van der Waals surface area contributed by atoms with Crippen molar-refractivity contribution >= 4 is 45.5 Å². The van der Waals surface area contributed by atoms with Crippen LogP contribution in [-0.4, -0.2) is 41.9 Å². The van der Waals surface area contributed by atoms with Gasteiger partial charge in [0.2, 0.25) is 15.9 Å². The number of pyridine rings is 1. The second kappa shape index (κ2) is 10.0. The maximum Gasteiger partial charge on any atom is 0.248 e. The summed E-state index contributed by atoms with van der Waals surface area (Å²) in [6.45, 7) is 1.86. The number of nitrogens with one attached hydrogen (secondary N) is 1. The summed E-state index contributed by atoms with van der Waals surface area (Å²) in [5.74, 6) is -0.603. The van der Waals surface area contributed by atoms with E-state index in [4.69, 9.17) is 16.1 Å². The van der Waals surface area contributed by atoms with Gasteiger partial charge < -0.3 is 9.84 Å². The van der Waals surface area contributed by atoms with Crippen LogP contribution in [0.4, 0.5) is 10.2 Å². The molecule has 4 rings (SSSR count). The van der Waals surface area contributed by atoms with E-state index >= 15 is 0 Å². The van der Waals surface area contributed by atoms with E-state index in [2.05, 4.69) is 15.5 Å². The number of carbonyl (C=O) groups is 1. The van der Waals surface area contributed by atoms with Crippen molar-refractivity contribution in [2.24, 2.45) is 5.92 Å². The number of carbonyl (C=O) groups excluding carboxylic acids is 1. The van der Waals surface area contributed by atoms with E-state index in [1.165, 1.54) is 35.6 Å². The molecule has 0 saturated carbocycles. The molecule has 1 aliphatic heterocycles. The van der Waals surface area contributed by atoms with Gasteiger partial charge in [0.05, 0.1) is 5.02 Å². The Balaban J connectivity index is 1.45. The highest BCUT2D eigenvalue weighted by Crippen LogP contribution is 2.29. The van der Waals surface area contributed by atoms with Crippen LogP contribution in [0.2, 0.25) is 5.02 Å². The standard InChI is InChI=1S/C23H22ClFN4O4S/c1-15-22(20(33-28-15)8-6-16-4-2-3-5-19(16)25)34(31,32)29-12-10-17(11-13-29)23(30)27-21-9-7-18(24)14-26-21/h2-9,14,17H,10-13H2,1H3,(H,26,27,30). The predicted molar refractivity (Wildman–Crippen MR) is 126 cm³/mol. The summed E-state index contributed by atoms with van der Waals surface area (Å²) in [4.78, 5) is 16.6. The Morgan fingerprint density at radius 3 is 2.62 bits per heavy atom. The fourth-order valence-corrected chi connectivity index (χ4v) is 5.57. The largest absolute Gasteiger partial charge is 0.355 e. The van der Waals surface area contributed by atoms with Gasteiger partial charge in [-0.25, -0.2) is 17.8 Å². The van der Waals surface area contributed by atoms with Crippen LogP contribution in [0.5, 0.6) is 0 Å². The Labute approximate surface area is 201 Å². The zero-order valence-electron chi connectivity index (χ0n) is 18.2. The molecule has 11 heteroatoms. The second-order valence-electron chi connectivity index (χ2n) is 7.85. The van der Waals surface area contributed by atoms with E-state index in [1.807, 2.05) is 0 Å². The smallest absolute Gasteiger partial charge is 0.248 e. The first-order valence-electron chi connectivity index (χ1n) is 10.6. The summed E-state index contributed by atoms with van der Waals surface area (Å²) in [7, 11) is -3.93. The molecule has 2 aromatic heterocycles. The summed E-state index contributed by atoms with van der Waals surface area (Å²) >= 11 is 5.81. The van der Waals surface area contributed by atoms with Crippen molar-refractivity contribution in [2.75, 3.05) is 18.4 Å². The third-order valence-corrected chi connectivity index (χ3v) is 7.84. The SMILES string of the molecule is Cc1noc(C=Cc2ccccc2F)c1S(=O)(=O)N1CCC(C(=O)Nc2ccc(Cl)cn2)CC1. The number of rotatable bonds is 6. The maximum atomic E-state index is 13.9. The van der Waals surface area contributed by atoms with Crippen molar-refractivity contribution in [3.05, 3.63) is 70.5 Å². The Hall–Kier alpha value is -3.08. The molecular weight excluding hydrogens is 483 g/mol. The molecule has 1 saturated heterocycles. The molecule has 0 radical (unpaired) electrons. The molecule has 0 atom stereocenters. The molecule has 0 bridgehead atoms. The van der Waals surface area contributed by atoms with Crippen molar-refractivity contribution in [2.45, 2.75) is 24.7 Å². The first kappa shape index (κ1) is 24.1. The number of sulfonamides is 1. The number of hydrogen-bond donors (Lipinski definition) is 1. The minimum Gasteiger partial charge on any atom is -0.355 e.